The van der Waals surface area contributed by atoms with E-state index in [1.807, 2.05) is 13.8 Å². The van der Waals surface area contributed by atoms with Gasteiger partial charge in [-0.3, -0.25) is 4.90 Å². The molecule has 0 aromatic carbocycles. The molecule has 1 saturated heterocycles. The van der Waals surface area contributed by atoms with E-state index in [-0.39, 0.29) is 0 Å². The molecular formula is C12H25NO. The SMILES string of the molecule is CCCC1CCCCN1CC(C)(C)O. The van der Waals surface area contributed by atoms with E-state index in [1.54, 1.807) is 0 Å². The van der Waals surface area contributed by atoms with E-state index >= 15 is 0 Å². The summed E-state index contributed by atoms with van der Waals surface area (Å²) in [6, 6.07) is 0.722. The first-order valence-electron chi connectivity index (χ1n) is 5.99. The smallest absolute Gasteiger partial charge is 0.0718 e. The average molecular weight is 199 g/mol. The number of hydrogen-bond acceptors (Lipinski definition) is 2. The molecule has 0 spiro atoms. The van der Waals surface area contributed by atoms with Gasteiger partial charge in [0.25, 0.3) is 0 Å². The van der Waals surface area contributed by atoms with Crippen LogP contribution in [0.25, 0.3) is 0 Å². The molecule has 0 amide bonds. The highest BCUT2D eigenvalue weighted by Gasteiger charge is 2.26. The van der Waals surface area contributed by atoms with Crippen molar-refractivity contribution in [3.63, 3.8) is 0 Å². The molecule has 1 unspecified atom stereocenters. The van der Waals surface area contributed by atoms with Crippen LogP contribution in [0.1, 0.15) is 52.9 Å². The van der Waals surface area contributed by atoms with E-state index in [2.05, 4.69) is 11.8 Å². The maximum absolute atomic E-state index is 9.81. The Morgan fingerprint density at radius 2 is 2.07 bits per heavy atom. The molecule has 0 aromatic rings. The fourth-order valence-electron chi connectivity index (χ4n) is 2.43. The summed E-state index contributed by atoms with van der Waals surface area (Å²) in [4.78, 5) is 2.48. The fourth-order valence-corrected chi connectivity index (χ4v) is 2.43. The van der Waals surface area contributed by atoms with Crippen LogP contribution in [-0.4, -0.2) is 34.7 Å². The van der Waals surface area contributed by atoms with E-state index in [1.165, 1.54) is 38.6 Å². The summed E-state index contributed by atoms with van der Waals surface area (Å²) in [6.45, 7) is 8.07. The zero-order valence-electron chi connectivity index (χ0n) is 9.92. The van der Waals surface area contributed by atoms with Gasteiger partial charge in [-0.1, -0.05) is 19.8 Å². The lowest BCUT2D eigenvalue weighted by Gasteiger charge is -2.38. The van der Waals surface area contributed by atoms with E-state index < -0.39 is 5.60 Å². The van der Waals surface area contributed by atoms with Crippen LogP contribution < -0.4 is 0 Å². The van der Waals surface area contributed by atoms with E-state index in [0.717, 1.165) is 12.6 Å². The molecule has 0 bridgehead atoms. The molecule has 0 saturated carbocycles. The van der Waals surface area contributed by atoms with Crippen molar-refractivity contribution in [2.45, 2.75) is 64.5 Å². The summed E-state index contributed by atoms with van der Waals surface area (Å²) >= 11 is 0. The minimum atomic E-state index is -0.538. The predicted octanol–water partition coefficient (Wildman–Crippen LogP) is 2.41. The first-order chi connectivity index (χ1) is 6.53. The molecule has 1 heterocycles. The molecule has 84 valence electrons. The van der Waals surface area contributed by atoms with Crippen molar-refractivity contribution in [2.24, 2.45) is 0 Å². The van der Waals surface area contributed by atoms with Gasteiger partial charge in [0, 0.05) is 12.6 Å². The second-order valence-electron chi connectivity index (χ2n) is 5.22. The Morgan fingerprint density at radius 1 is 1.36 bits per heavy atom. The second-order valence-corrected chi connectivity index (χ2v) is 5.22. The van der Waals surface area contributed by atoms with Crippen molar-refractivity contribution in [1.82, 2.24) is 4.90 Å². The zero-order valence-corrected chi connectivity index (χ0v) is 9.92. The molecule has 0 aromatic heterocycles. The second kappa shape index (κ2) is 5.13. The number of likely N-dealkylation sites (tertiary alicyclic amines) is 1. The lowest BCUT2D eigenvalue weighted by molar-refractivity contribution is 0.00808. The lowest BCUT2D eigenvalue weighted by atomic mass is 9.96. The third-order valence-corrected chi connectivity index (χ3v) is 2.96. The normalized spacial score (nSPS) is 25.3. The van der Waals surface area contributed by atoms with Gasteiger partial charge in [0.1, 0.15) is 0 Å². The fraction of sp³-hybridized carbons (Fsp3) is 1.00. The Kier molecular flexibility index (Phi) is 4.39. The summed E-state index contributed by atoms with van der Waals surface area (Å²) in [5.74, 6) is 0. The minimum absolute atomic E-state index is 0.538. The number of nitrogens with zero attached hydrogens (tertiary/aromatic N) is 1. The molecule has 2 nitrogen and oxygen atoms in total. The molecule has 2 heteroatoms. The Bertz CT molecular complexity index is 160. The van der Waals surface area contributed by atoms with Crippen molar-refractivity contribution in [2.75, 3.05) is 13.1 Å². The highest BCUT2D eigenvalue weighted by atomic mass is 16.3. The summed E-state index contributed by atoms with van der Waals surface area (Å²) in [5, 5.41) is 9.81. The standard InChI is InChI=1S/C12H25NO/c1-4-7-11-8-5-6-9-13(11)10-12(2,3)14/h11,14H,4-10H2,1-3H3. The minimum Gasteiger partial charge on any atom is -0.389 e. The largest absolute Gasteiger partial charge is 0.389 e. The van der Waals surface area contributed by atoms with Gasteiger partial charge in [0.05, 0.1) is 5.60 Å². The maximum Gasteiger partial charge on any atom is 0.0718 e. The van der Waals surface area contributed by atoms with Crippen molar-refractivity contribution in [1.29, 1.82) is 0 Å². The lowest BCUT2D eigenvalue weighted by Crippen LogP contribution is -2.46. The zero-order chi connectivity index (χ0) is 10.6. The number of β-amino-alcohol motifs (C(OH)–C–C–N with tert-alkyl or cyclic N) is 1. The van der Waals surface area contributed by atoms with Crippen LogP contribution in [0, 0.1) is 0 Å². The molecule has 1 aliphatic rings. The van der Waals surface area contributed by atoms with Crippen molar-refractivity contribution in [3.05, 3.63) is 0 Å². The number of aliphatic hydroxyl groups is 1. The monoisotopic (exact) mass is 199 g/mol. The number of rotatable bonds is 4. The van der Waals surface area contributed by atoms with Crippen molar-refractivity contribution >= 4 is 0 Å². The molecule has 0 aliphatic carbocycles. The van der Waals surface area contributed by atoms with Crippen LogP contribution in [0.2, 0.25) is 0 Å². The highest BCUT2D eigenvalue weighted by Crippen LogP contribution is 2.22. The van der Waals surface area contributed by atoms with Gasteiger partial charge in [0.2, 0.25) is 0 Å². The van der Waals surface area contributed by atoms with Gasteiger partial charge < -0.3 is 5.11 Å². The molecule has 1 N–H and O–H groups in total. The van der Waals surface area contributed by atoms with Crippen LogP contribution in [0.3, 0.4) is 0 Å². The third-order valence-electron chi connectivity index (χ3n) is 2.96. The summed E-state index contributed by atoms with van der Waals surface area (Å²) in [5.41, 5.74) is -0.538. The quantitative estimate of drug-likeness (QED) is 0.751. The molecule has 1 atom stereocenters. The van der Waals surface area contributed by atoms with Crippen LogP contribution in [0.15, 0.2) is 0 Å². The van der Waals surface area contributed by atoms with Gasteiger partial charge >= 0.3 is 0 Å². The number of hydrogen-bond donors (Lipinski definition) is 1. The van der Waals surface area contributed by atoms with Gasteiger partial charge in [-0.25, -0.2) is 0 Å². The Morgan fingerprint density at radius 3 is 2.64 bits per heavy atom. The Balaban J connectivity index is 2.45. The Labute approximate surface area is 88.3 Å². The van der Waals surface area contributed by atoms with Crippen LogP contribution in [-0.2, 0) is 0 Å². The van der Waals surface area contributed by atoms with E-state index in [9.17, 15) is 5.11 Å². The van der Waals surface area contributed by atoms with Gasteiger partial charge in [0.15, 0.2) is 0 Å². The van der Waals surface area contributed by atoms with E-state index in [4.69, 9.17) is 0 Å². The molecule has 14 heavy (non-hydrogen) atoms. The van der Waals surface area contributed by atoms with Gasteiger partial charge in [-0.2, -0.15) is 0 Å². The van der Waals surface area contributed by atoms with E-state index in [0.29, 0.717) is 0 Å². The Hall–Kier alpha value is -0.0800. The molecule has 1 aliphatic heterocycles. The molecule has 1 fully saturated rings. The van der Waals surface area contributed by atoms with Gasteiger partial charge in [-0.15, -0.1) is 0 Å². The molecule has 1 rings (SSSR count). The van der Waals surface area contributed by atoms with Crippen molar-refractivity contribution < 1.29 is 5.11 Å². The molecular weight excluding hydrogens is 174 g/mol. The summed E-state index contributed by atoms with van der Waals surface area (Å²) in [7, 11) is 0. The van der Waals surface area contributed by atoms with Crippen LogP contribution in [0.5, 0.6) is 0 Å². The number of piperidine rings is 1. The first-order valence-corrected chi connectivity index (χ1v) is 5.99. The van der Waals surface area contributed by atoms with Gasteiger partial charge in [-0.05, 0) is 39.7 Å². The van der Waals surface area contributed by atoms with Crippen LogP contribution >= 0.6 is 0 Å². The summed E-state index contributed by atoms with van der Waals surface area (Å²) < 4.78 is 0. The first kappa shape index (κ1) is 12.0. The third kappa shape index (κ3) is 3.97. The predicted molar refractivity (Wildman–Crippen MR) is 60.4 cm³/mol. The maximum atomic E-state index is 9.81. The van der Waals surface area contributed by atoms with Crippen LogP contribution in [0.4, 0.5) is 0 Å². The highest BCUT2D eigenvalue weighted by molar-refractivity contribution is 4.81. The topological polar surface area (TPSA) is 23.5 Å². The average Bonchev–Trinajstić information content (AvgIpc) is 2.06. The molecule has 0 radical (unpaired) electrons. The van der Waals surface area contributed by atoms with Crippen molar-refractivity contribution in [3.8, 4) is 0 Å². The summed E-state index contributed by atoms with van der Waals surface area (Å²) in [6.07, 6.45) is 6.54.